The minimum absolute atomic E-state index is 0.560. The van der Waals surface area contributed by atoms with Crippen molar-refractivity contribution < 1.29 is 4.74 Å². The predicted molar refractivity (Wildman–Crippen MR) is 28.9 cm³/mol. The lowest BCUT2D eigenvalue weighted by Crippen LogP contribution is -2.10. The highest BCUT2D eigenvalue weighted by atomic mass is 16.5. The molecule has 0 aromatic carbocycles. The Labute approximate surface area is 46.8 Å². The third kappa shape index (κ3) is 0.598. The van der Waals surface area contributed by atoms with E-state index in [0.717, 1.165) is 0 Å². The van der Waals surface area contributed by atoms with Crippen molar-refractivity contribution in [2.45, 2.75) is 0 Å². The molecule has 1 heterocycles. The minimum atomic E-state index is 0.560. The largest absolute Gasteiger partial charge is 0.480 e. The number of nitrogen functional groups attached to an aromatic ring is 1. The molecule has 0 saturated carbocycles. The van der Waals surface area contributed by atoms with Crippen LogP contribution < -0.4 is 10.6 Å². The van der Waals surface area contributed by atoms with Crippen LogP contribution in [-0.4, -0.2) is 17.0 Å². The van der Waals surface area contributed by atoms with Gasteiger partial charge < -0.3 is 10.6 Å². The van der Waals surface area contributed by atoms with E-state index in [1.54, 1.807) is 19.4 Å². The third-order valence-corrected chi connectivity index (χ3v) is 0.843. The van der Waals surface area contributed by atoms with Crippen LogP contribution >= 0.6 is 0 Å². The van der Waals surface area contributed by atoms with Gasteiger partial charge in [-0.3, -0.25) is 0 Å². The second kappa shape index (κ2) is 1.73. The predicted octanol–water partition coefficient (Wildman–Crippen LogP) is -0.395. The van der Waals surface area contributed by atoms with Crippen LogP contribution in [0.3, 0.4) is 0 Å². The third-order valence-electron chi connectivity index (χ3n) is 0.843. The van der Waals surface area contributed by atoms with Crippen molar-refractivity contribution >= 4 is 0 Å². The molecule has 0 fully saturated rings. The first-order valence-corrected chi connectivity index (χ1v) is 2.17. The Kier molecular flexibility index (Phi) is 1.07. The lowest BCUT2D eigenvalue weighted by molar-refractivity contribution is 0.379. The number of methoxy groups -OCH3 is 1. The average molecular weight is 113 g/mol. The SMILES string of the molecule is COc1ccnn1N. The van der Waals surface area contributed by atoms with Gasteiger partial charge in [-0.1, -0.05) is 0 Å². The Bertz CT molecular complexity index is 172. The van der Waals surface area contributed by atoms with Crippen LogP contribution in [0.25, 0.3) is 0 Å². The summed E-state index contributed by atoms with van der Waals surface area (Å²) in [5.41, 5.74) is 0. The Morgan fingerprint density at radius 1 is 1.88 bits per heavy atom. The molecule has 2 N–H and O–H groups in total. The molecule has 0 amide bonds. The van der Waals surface area contributed by atoms with Crippen molar-refractivity contribution in [1.29, 1.82) is 0 Å². The Morgan fingerprint density at radius 2 is 2.62 bits per heavy atom. The molecular formula is C4H7N3O. The molecule has 4 heteroatoms. The van der Waals surface area contributed by atoms with Crippen molar-refractivity contribution in [2.24, 2.45) is 0 Å². The van der Waals surface area contributed by atoms with Gasteiger partial charge in [0.2, 0.25) is 5.88 Å². The summed E-state index contributed by atoms with van der Waals surface area (Å²) < 4.78 is 4.76. The average Bonchev–Trinajstić information content (AvgIpc) is 2.14. The lowest BCUT2D eigenvalue weighted by atomic mass is 10.7. The van der Waals surface area contributed by atoms with Crippen LogP contribution in [0, 0.1) is 0 Å². The summed E-state index contributed by atoms with van der Waals surface area (Å²) in [5.74, 6) is 5.79. The topological polar surface area (TPSA) is 53.1 Å². The zero-order valence-corrected chi connectivity index (χ0v) is 4.53. The number of nitrogens with two attached hydrogens (primary N) is 1. The van der Waals surface area contributed by atoms with E-state index < -0.39 is 0 Å². The molecule has 44 valence electrons. The van der Waals surface area contributed by atoms with E-state index in [2.05, 4.69) is 5.10 Å². The summed E-state index contributed by atoms with van der Waals surface area (Å²) in [4.78, 5) is 1.17. The molecule has 0 bridgehead atoms. The van der Waals surface area contributed by atoms with E-state index in [0.29, 0.717) is 5.88 Å². The van der Waals surface area contributed by atoms with E-state index in [-0.39, 0.29) is 0 Å². The van der Waals surface area contributed by atoms with Gasteiger partial charge >= 0.3 is 0 Å². The van der Waals surface area contributed by atoms with Crippen LogP contribution in [0.1, 0.15) is 0 Å². The molecule has 0 spiro atoms. The molecule has 4 nitrogen and oxygen atoms in total. The first kappa shape index (κ1) is 4.96. The highest BCUT2D eigenvalue weighted by Gasteiger charge is 1.92. The number of rotatable bonds is 1. The first-order chi connectivity index (χ1) is 3.84. The minimum Gasteiger partial charge on any atom is -0.480 e. The Balaban J connectivity index is 2.92. The molecule has 0 atom stereocenters. The Morgan fingerprint density at radius 3 is 2.88 bits per heavy atom. The standard InChI is InChI=1S/C4H7N3O/c1-8-4-2-3-6-7(4)5/h2-3H,5H2,1H3. The van der Waals surface area contributed by atoms with Crippen molar-refractivity contribution in [2.75, 3.05) is 13.0 Å². The molecular weight excluding hydrogens is 106 g/mol. The maximum Gasteiger partial charge on any atom is 0.231 e. The number of aromatic nitrogens is 2. The summed E-state index contributed by atoms with van der Waals surface area (Å²) in [6, 6.07) is 1.68. The lowest BCUT2D eigenvalue weighted by Gasteiger charge is -1.95. The van der Waals surface area contributed by atoms with Crippen LogP contribution in [0.4, 0.5) is 0 Å². The molecule has 0 unspecified atom stereocenters. The molecule has 8 heavy (non-hydrogen) atoms. The van der Waals surface area contributed by atoms with Gasteiger partial charge in [0.15, 0.2) is 0 Å². The normalized spacial score (nSPS) is 9.12. The van der Waals surface area contributed by atoms with Crippen molar-refractivity contribution in [3.8, 4) is 5.88 Å². The fourth-order valence-electron chi connectivity index (χ4n) is 0.464. The molecule has 0 saturated heterocycles. The van der Waals surface area contributed by atoms with Gasteiger partial charge in [-0.15, -0.1) is 4.79 Å². The summed E-state index contributed by atoms with van der Waals surface area (Å²) in [6.07, 6.45) is 1.57. The van der Waals surface area contributed by atoms with Gasteiger partial charge in [-0.2, -0.15) is 5.10 Å². The summed E-state index contributed by atoms with van der Waals surface area (Å²) >= 11 is 0. The van der Waals surface area contributed by atoms with Gasteiger partial charge in [0.1, 0.15) is 0 Å². The van der Waals surface area contributed by atoms with E-state index in [9.17, 15) is 0 Å². The first-order valence-electron chi connectivity index (χ1n) is 2.17. The highest BCUT2D eigenvalue weighted by Crippen LogP contribution is 2.01. The van der Waals surface area contributed by atoms with E-state index in [1.165, 1.54) is 4.79 Å². The molecule has 1 aromatic rings. The number of ether oxygens (including phenoxy) is 1. The van der Waals surface area contributed by atoms with Gasteiger partial charge in [0.25, 0.3) is 0 Å². The van der Waals surface area contributed by atoms with Crippen molar-refractivity contribution in [1.82, 2.24) is 9.89 Å². The fraction of sp³-hybridized carbons (Fsp3) is 0.250. The number of hydrogen-bond donors (Lipinski definition) is 1. The van der Waals surface area contributed by atoms with Crippen LogP contribution in [0.2, 0.25) is 0 Å². The van der Waals surface area contributed by atoms with Gasteiger partial charge in [0, 0.05) is 6.07 Å². The van der Waals surface area contributed by atoms with E-state index in [1.807, 2.05) is 0 Å². The zero-order chi connectivity index (χ0) is 5.98. The second-order valence-electron chi connectivity index (χ2n) is 1.32. The summed E-state index contributed by atoms with van der Waals surface area (Å²) in [7, 11) is 1.54. The monoisotopic (exact) mass is 113 g/mol. The smallest absolute Gasteiger partial charge is 0.231 e. The number of nitrogens with zero attached hydrogens (tertiary/aromatic N) is 2. The van der Waals surface area contributed by atoms with E-state index >= 15 is 0 Å². The molecule has 1 aromatic heterocycles. The van der Waals surface area contributed by atoms with Crippen LogP contribution in [0.5, 0.6) is 5.88 Å². The van der Waals surface area contributed by atoms with Gasteiger partial charge in [0.05, 0.1) is 13.3 Å². The van der Waals surface area contributed by atoms with Crippen LogP contribution in [0.15, 0.2) is 12.3 Å². The van der Waals surface area contributed by atoms with Crippen LogP contribution in [-0.2, 0) is 0 Å². The second-order valence-corrected chi connectivity index (χ2v) is 1.32. The molecule has 0 aliphatic rings. The zero-order valence-electron chi connectivity index (χ0n) is 4.53. The molecule has 0 radical (unpaired) electrons. The summed E-state index contributed by atoms with van der Waals surface area (Å²) in [5, 5.41) is 3.66. The van der Waals surface area contributed by atoms with Crippen molar-refractivity contribution in [3.05, 3.63) is 12.3 Å². The molecule has 0 aliphatic heterocycles. The molecule has 0 aliphatic carbocycles. The quantitative estimate of drug-likeness (QED) is 0.504. The van der Waals surface area contributed by atoms with Crippen molar-refractivity contribution in [3.63, 3.8) is 0 Å². The number of hydrogen-bond acceptors (Lipinski definition) is 3. The maximum absolute atomic E-state index is 5.23. The van der Waals surface area contributed by atoms with E-state index in [4.69, 9.17) is 10.6 Å². The highest BCUT2D eigenvalue weighted by molar-refractivity contribution is 5.06. The molecule has 1 rings (SSSR count). The van der Waals surface area contributed by atoms with Gasteiger partial charge in [-0.05, 0) is 0 Å². The Hall–Kier alpha value is -1.19. The summed E-state index contributed by atoms with van der Waals surface area (Å²) in [6.45, 7) is 0. The van der Waals surface area contributed by atoms with Gasteiger partial charge in [-0.25, -0.2) is 0 Å². The fourth-order valence-corrected chi connectivity index (χ4v) is 0.464. The maximum atomic E-state index is 5.23.